The van der Waals surface area contributed by atoms with Gasteiger partial charge in [-0.1, -0.05) is 124 Å². The van der Waals surface area contributed by atoms with Crippen LogP contribution in [0.25, 0.3) is 0 Å². The topological polar surface area (TPSA) is 313 Å². The lowest BCUT2D eigenvalue weighted by atomic mass is 10.2. The normalized spacial score (nSPS) is 14.9. The van der Waals surface area contributed by atoms with Crippen LogP contribution >= 0.6 is 22.7 Å². The summed E-state index contributed by atoms with van der Waals surface area (Å²) in [5.74, 6) is 0.618. The molecule has 0 radical (unpaired) electrons. The molecule has 804 valence electrons. The number of thiazole rings is 2. The molecule has 29 nitrogen and oxygen atoms in total. The van der Waals surface area contributed by atoms with Crippen LogP contribution in [-0.2, 0) is 115 Å². The molecule has 0 spiro atoms. The third-order valence-corrected chi connectivity index (χ3v) is 19.2. The summed E-state index contributed by atoms with van der Waals surface area (Å²) in [6.45, 7) is 32.8. The van der Waals surface area contributed by atoms with Gasteiger partial charge in [-0.2, -0.15) is 0 Å². The van der Waals surface area contributed by atoms with E-state index >= 15 is 0 Å². The highest BCUT2D eigenvalue weighted by molar-refractivity contribution is 7.09. The highest BCUT2D eigenvalue weighted by Gasteiger charge is 2.16. The highest BCUT2D eigenvalue weighted by Crippen LogP contribution is 2.17. The van der Waals surface area contributed by atoms with Crippen LogP contribution in [0.2, 0.25) is 0 Å². The summed E-state index contributed by atoms with van der Waals surface area (Å²) >= 11 is 3.20. The second-order valence-corrected chi connectivity index (χ2v) is 30.0. The average molecular weight is 2000 g/mol. The van der Waals surface area contributed by atoms with Crippen LogP contribution in [-0.4, -0.2) is 220 Å². The van der Waals surface area contributed by atoms with E-state index in [1.807, 2.05) is 202 Å². The fourth-order valence-corrected chi connectivity index (χ4v) is 11.9. The molecule has 0 aliphatic carbocycles. The number of allylic oxidation sites excluding steroid dienone is 1. The predicted molar refractivity (Wildman–Crippen MR) is 583 cm³/mol. The lowest BCUT2D eigenvalue weighted by Gasteiger charge is -2.21. The van der Waals surface area contributed by atoms with Crippen molar-refractivity contribution in [3.8, 4) is 0 Å². The van der Waals surface area contributed by atoms with Crippen LogP contribution < -0.4 is 10.6 Å². The van der Waals surface area contributed by atoms with E-state index in [0.717, 1.165) is 149 Å². The number of aliphatic imine (C=N–C) groups is 1. The zero-order chi connectivity index (χ0) is 93.8. The highest BCUT2D eigenvalue weighted by atomic mass is 32.1. The van der Waals surface area contributed by atoms with Crippen LogP contribution in [0, 0.1) is 20.8 Å². The number of methoxy groups -OCH3 is 8. The molecule has 4 saturated heterocycles. The SMILES string of the molecule is C.C.C.C.C.C.C.C.C.C.C.CCO[C@@H]1CCCCO1.CCO[C@@H]1CCCOC1.CCO[C@H]1CCCCO1.CCO[C@H]1CCCOC1.CN[C@@H](C)c1ccccn1.CN[C@H](C)c1ccccn1.COCC1=CCC=N1.COCc1ccc(C)cn1.COCc1ccc(C)cn1.COCc1cscn1.COCc1ncccc1C.COCc1ncco1.COCc1nccs1.CO[C@H](C)c1ccccn1. The van der Waals surface area contributed by atoms with E-state index in [2.05, 4.69) is 80.4 Å². The number of aryl methyl sites for hydroxylation is 3. The molecule has 31 heteroatoms. The number of oxazole rings is 1. The summed E-state index contributed by atoms with van der Waals surface area (Å²) in [6.07, 6.45) is 33.4. The molecule has 9 aromatic heterocycles. The van der Waals surface area contributed by atoms with Crippen LogP contribution in [0.1, 0.15) is 286 Å². The van der Waals surface area contributed by atoms with Crippen molar-refractivity contribution in [3.63, 3.8) is 0 Å². The van der Waals surface area contributed by atoms with Gasteiger partial charge in [0.25, 0.3) is 0 Å². The molecule has 139 heavy (non-hydrogen) atoms. The Hall–Kier alpha value is -7.94. The maximum absolute atomic E-state index is 5.36. The van der Waals surface area contributed by atoms with E-state index in [0.29, 0.717) is 76.4 Å². The number of hydrogen-bond donors (Lipinski definition) is 2. The van der Waals surface area contributed by atoms with E-state index in [1.165, 1.54) is 61.5 Å². The fraction of sp³-hybridized carbons (Fsp3) is 0.611. The van der Waals surface area contributed by atoms with Crippen LogP contribution in [0.5, 0.6) is 0 Å². The van der Waals surface area contributed by atoms with Crippen molar-refractivity contribution in [1.82, 2.24) is 55.5 Å². The average Bonchev–Trinajstić information content (AvgIpc) is 1.80. The molecule has 0 amide bonds. The van der Waals surface area contributed by atoms with Crippen molar-refractivity contribution >= 4 is 28.9 Å². The Morgan fingerprint density at radius 1 is 0.417 bits per heavy atom. The van der Waals surface area contributed by atoms with Gasteiger partial charge in [0.2, 0.25) is 5.89 Å². The van der Waals surface area contributed by atoms with Crippen molar-refractivity contribution in [2.45, 2.75) is 304 Å². The molecule has 0 unspecified atom stereocenters. The number of rotatable bonds is 28. The van der Waals surface area contributed by atoms with Gasteiger partial charge < -0.3 is 90.8 Å². The predicted octanol–water partition coefficient (Wildman–Crippen LogP) is 26.0. The number of ether oxygens (including phenoxy) is 16. The molecule has 0 bridgehead atoms. The summed E-state index contributed by atoms with van der Waals surface area (Å²) in [5, 5.41) is 11.2. The minimum absolute atomic E-state index is 0. The first-order valence-corrected chi connectivity index (χ1v) is 45.8. The monoisotopic (exact) mass is 2000 g/mol. The Kier molecular flexibility index (Phi) is 122. The molecule has 5 aliphatic rings. The number of pyridine rings is 6. The lowest BCUT2D eigenvalue weighted by molar-refractivity contribution is -0.159. The van der Waals surface area contributed by atoms with E-state index in [4.69, 9.17) is 80.2 Å². The molecule has 4 fully saturated rings. The van der Waals surface area contributed by atoms with Crippen LogP contribution in [0.15, 0.2) is 184 Å². The zero-order valence-electron chi connectivity index (χ0n) is 80.3. The smallest absolute Gasteiger partial charge is 0.219 e. The van der Waals surface area contributed by atoms with Crippen molar-refractivity contribution in [3.05, 3.63) is 242 Å². The summed E-state index contributed by atoms with van der Waals surface area (Å²) in [4.78, 5) is 40.8. The Labute approximate surface area is 854 Å². The Morgan fingerprint density at radius 2 is 0.871 bits per heavy atom. The first kappa shape index (κ1) is 154. The number of nitrogens with zero attached hydrogens (tertiary/aromatic N) is 10. The molecule has 7 atom stereocenters. The summed E-state index contributed by atoms with van der Waals surface area (Å²) < 4.78 is 86.2. The molecular weight excluding hydrogens is 1800 g/mol. The second kappa shape index (κ2) is 110. The standard InChI is InChI=1S/2C8H12N2.4C8H11NO.4C7H14O2.C6H9NO.C5H7NO2.2C5H7NOS.11CH4/c2*1-7(9-2)8-5-3-4-6-10-8;2*1-7-3-4-8(6-10-2)9-5-7;1-7-4-3-5-9-8(7)6-10-2;1-7(10-2)8-5-3-4-6-9-8;2*1-2-9-7-4-3-5-8-6-7;2*1-2-8-7-5-3-4-6-9-7;1-8-5-6-3-2-4-7-6;1-7-4-5-6-2-3-8-5;1-7-2-5-3-8-4-6-5;1-7-4-5-6-2-3-8-5;;;;;;;;;;;/h2*3-7,9H,1-2H3;3*3-5H,6H2,1-2H3;3-7H,1-2H3;4*7H,2-6H2,1H3;3-4H,2,5H2,1H3;2-3H,4H2,1H3;3-4H,2H2,1H3;2-3H,4H2,1H3;11*1H4/t2*7-;;;;5*7-;;;;;;;;;;;;;;;/m10...11010.............../s1. The van der Waals surface area contributed by atoms with Crippen LogP contribution in [0.4, 0.5) is 0 Å². The minimum Gasteiger partial charge on any atom is -0.446 e. The van der Waals surface area contributed by atoms with Crippen molar-refractivity contribution < 1.29 is 80.2 Å². The van der Waals surface area contributed by atoms with Gasteiger partial charge in [0, 0.05) is 189 Å². The molecule has 14 heterocycles. The maximum Gasteiger partial charge on any atom is 0.219 e. The van der Waals surface area contributed by atoms with E-state index in [9.17, 15) is 0 Å². The molecule has 0 aromatic carbocycles. The zero-order valence-corrected chi connectivity index (χ0v) is 81.9. The van der Waals surface area contributed by atoms with Crippen molar-refractivity contribution in [2.75, 3.05) is 144 Å². The molecule has 14 rings (SSSR count). The van der Waals surface area contributed by atoms with E-state index in [-0.39, 0.29) is 100 Å². The number of aromatic nitrogens is 9. The van der Waals surface area contributed by atoms with Gasteiger partial charge in [-0.05, 0) is 219 Å². The summed E-state index contributed by atoms with van der Waals surface area (Å²) in [6, 6.07) is 30.3. The summed E-state index contributed by atoms with van der Waals surface area (Å²) in [5.41, 5.74) is 13.5. The first-order chi connectivity index (χ1) is 62.5. The molecule has 2 N–H and O–H groups in total. The maximum atomic E-state index is 5.36. The van der Waals surface area contributed by atoms with Gasteiger partial charge >= 0.3 is 0 Å². The van der Waals surface area contributed by atoms with E-state index < -0.39 is 0 Å². The Balaban J connectivity index is -0.000000140. The lowest BCUT2D eigenvalue weighted by Crippen LogP contribution is -2.25. The Morgan fingerprint density at radius 3 is 1.19 bits per heavy atom. The van der Waals surface area contributed by atoms with Gasteiger partial charge in [0.15, 0.2) is 12.6 Å². The molecular formula is C108H198N12O17S2. The first-order valence-electron chi connectivity index (χ1n) is 44.0. The Bertz CT molecular complexity index is 3510. The number of nitrogens with one attached hydrogen (secondary N) is 2. The van der Waals surface area contributed by atoms with E-state index in [1.54, 1.807) is 110 Å². The largest absolute Gasteiger partial charge is 0.446 e. The van der Waals surface area contributed by atoms with Gasteiger partial charge in [-0.25, -0.2) is 15.0 Å². The number of hydrogen-bond acceptors (Lipinski definition) is 31. The third-order valence-electron chi connectivity index (χ3n) is 17.8. The summed E-state index contributed by atoms with van der Waals surface area (Å²) in [7, 11) is 17.2. The quantitative estimate of drug-likeness (QED) is 0.0460. The van der Waals surface area contributed by atoms with Crippen LogP contribution in [0.3, 0.4) is 0 Å². The molecule has 0 saturated carbocycles. The van der Waals surface area contributed by atoms with Crippen molar-refractivity contribution in [2.24, 2.45) is 4.99 Å². The van der Waals surface area contributed by atoms with Gasteiger partial charge in [0.05, 0.1) is 128 Å². The van der Waals surface area contributed by atoms with Gasteiger partial charge in [-0.3, -0.25) is 34.9 Å². The second-order valence-electron chi connectivity index (χ2n) is 28.3. The molecule has 9 aromatic rings. The minimum atomic E-state index is 0. The van der Waals surface area contributed by atoms with Gasteiger partial charge in [0.1, 0.15) is 17.9 Å². The third kappa shape index (κ3) is 85.4. The molecule has 5 aliphatic heterocycles. The van der Waals surface area contributed by atoms with Crippen molar-refractivity contribution in [1.29, 1.82) is 0 Å². The fourth-order valence-electron chi connectivity index (χ4n) is 10.8. The van der Waals surface area contributed by atoms with Gasteiger partial charge in [-0.15, -0.1) is 22.7 Å².